The molecule has 0 fully saturated rings. The summed E-state index contributed by atoms with van der Waals surface area (Å²) < 4.78 is -1.49. The van der Waals surface area contributed by atoms with Crippen molar-refractivity contribution in [2.24, 2.45) is 0 Å². The number of alkyl halides is 3. The van der Waals surface area contributed by atoms with Crippen molar-refractivity contribution in [3.05, 3.63) is 142 Å². The van der Waals surface area contributed by atoms with Crippen LogP contribution in [0.4, 0.5) is 0 Å². The van der Waals surface area contributed by atoms with E-state index in [0.29, 0.717) is 0 Å². The van der Waals surface area contributed by atoms with Crippen LogP contribution in [-0.4, -0.2) is 0 Å². The maximum Gasteiger partial charge on any atom is 0.216 e. The topological polar surface area (TPSA) is 0 Å². The standard InChI is InChI=1S/C28H23Cl3/c29-28(30,31)27-17-16-24(18-21-10-4-1-5-11-21)25(19-22-12-6-2-7-13-22)26(27)20-23-14-8-3-9-15-23/h1-17H,18-20H2. The van der Waals surface area contributed by atoms with Crippen molar-refractivity contribution in [1.29, 1.82) is 0 Å². The Bertz CT molecular complexity index is 1120. The number of halogens is 3. The van der Waals surface area contributed by atoms with Crippen molar-refractivity contribution < 1.29 is 0 Å². The van der Waals surface area contributed by atoms with Crippen LogP contribution in [0, 0.1) is 0 Å². The second-order valence-corrected chi connectivity index (χ2v) is 10.00. The first kappa shape index (κ1) is 22.0. The summed E-state index contributed by atoms with van der Waals surface area (Å²) in [5.41, 5.74) is 8.06. The molecule has 4 aromatic rings. The Balaban J connectivity index is 1.87. The lowest BCUT2D eigenvalue weighted by molar-refractivity contribution is 0.997. The van der Waals surface area contributed by atoms with E-state index in [1.807, 2.05) is 24.3 Å². The largest absolute Gasteiger partial charge is 0.216 e. The molecule has 0 nitrogen and oxygen atoms in total. The molecule has 0 N–H and O–H groups in total. The zero-order valence-corrected chi connectivity index (χ0v) is 19.3. The fraction of sp³-hybridized carbons (Fsp3) is 0.143. The summed E-state index contributed by atoms with van der Waals surface area (Å²) in [6, 6.07) is 35.5. The fourth-order valence-corrected chi connectivity index (χ4v) is 4.54. The van der Waals surface area contributed by atoms with Crippen molar-refractivity contribution in [3.8, 4) is 0 Å². The summed E-state index contributed by atoms with van der Waals surface area (Å²) in [6.07, 6.45) is 2.35. The average molecular weight is 466 g/mol. The van der Waals surface area contributed by atoms with E-state index >= 15 is 0 Å². The number of hydrogen-bond acceptors (Lipinski definition) is 0. The van der Waals surface area contributed by atoms with Gasteiger partial charge in [0.05, 0.1) is 0 Å². The minimum atomic E-state index is -1.49. The van der Waals surface area contributed by atoms with Gasteiger partial charge in [-0.25, -0.2) is 0 Å². The highest BCUT2D eigenvalue weighted by Crippen LogP contribution is 2.43. The molecule has 0 aliphatic carbocycles. The van der Waals surface area contributed by atoms with Gasteiger partial charge in [0.25, 0.3) is 0 Å². The Morgan fingerprint density at radius 1 is 0.452 bits per heavy atom. The third kappa shape index (κ3) is 5.71. The van der Waals surface area contributed by atoms with E-state index in [1.165, 1.54) is 27.8 Å². The lowest BCUT2D eigenvalue weighted by Crippen LogP contribution is -2.12. The highest BCUT2D eigenvalue weighted by Gasteiger charge is 2.28. The number of rotatable bonds is 6. The van der Waals surface area contributed by atoms with Crippen molar-refractivity contribution in [2.45, 2.75) is 23.1 Å². The molecule has 0 unspecified atom stereocenters. The van der Waals surface area contributed by atoms with Gasteiger partial charge in [-0.15, -0.1) is 0 Å². The maximum atomic E-state index is 6.45. The second kappa shape index (κ2) is 9.92. The normalized spacial score (nSPS) is 11.5. The van der Waals surface area contributed by atoms with Crippen molar-refractivity contribution in [1.82, 2.24) is 0 Å². The molecule has 0 aliphatic rings. The minimum Gasteiger partial charge on any atom is -0.0784 e. The average Bonchev–Trinajstić information content (AvgIpc) is 2.77. The molecule has 0 radical (unpaired) electrons. The van der Waals surface area contributed by atoms with Gasteiger partial charge >= 0.3 is 0 Å². The molecule has 0 saturated carbocycles. The van der Waals surface area contributed by atoms with Gasteiger partial charge in [0.2, 0.25) is 3.79 Å². The van der Waals surface area contributed by atoms with E-state index in [0.717, 1.165) is 30.4 Å². The molecule has 156 valence electrons. The van der Waals surface area contributed by atoms with Crippen molar-refractivity contribution >= 4 is 34.8 Å². The van der Waals surface area contributed by atoms with E-state index in [4.69, 9.17) is 34.8 Å². The Morgan fingerprint density at radius 2 is 0.871 bits per heavy atom. The van der Waals surface area contributed by atoms with Crippen LogP contribution < -0.4 is 0 Å². The van der Waals surface area contributed by atoms with Crippen molar-refractivity contribution in [3.63, 3.8) is 0 Å². The third-order valence-electron chi connectivity index (χ3n) is 5.52. The molecule has 0 saturated heterocycles. The van der Waals surface area contributed by atoms with Gasteiger partial charge in [0.15, 0.2) is 0 Å². The Labute approximate surface area is 199 Å². The van der Waals surface area contributed by atoms with Crippen LogP contribution in [0.25, 0.3) is 0 Å². The Hall–Kier alpha value is -2.25. The SMILES string of the molecule is ClC(Cl)(Cl)c1ccc(Cc2ccccc2)c(Cc2ccccc2)c1Cc1ccccc1. The summed E-state index contributed by atoms with van der Waals surface area (Å²) in [6.45, 7) is 0. The molecule has 0 amide bonds. The van der Waals surface area contributed by atoms with Gasteiger partial charge in [-0.3, -0.25) is 0 Å². The minimum absolute atomic E-state index is 0.717. The highest BCUT2D eigenvalue weighted by atomic mass is 35.6. The smallest absolute Gasteiger partial charge is 0.0784 e. The summed E-state index contributed by atoms with van der Waals surface area (Å²) >= 11 is 19.3. The molecule has 3 heteroatoms. The molecule has 4 rings (SSSR count). The van der Waals surface area contributed by atoms with Gasteiger partial charge in [0.1, 0.15) is 0 Å². The zero-order chi connectivity index (χ0) is 21.7. The molecule has 0 spiro atoms. The third-order valence-corrected chi connectivity index (χ3v) is 6.13. The number of benzene rings is 4. The quantitative estimate of drug-likeness (QED) is 0.251. The first-order valence-corrected chi connectivity index (χ1v) is 11.5. The Morgan fingerprint density at radius 3 is 1.32 bits per heavy atom. The molecule has 0 heterocycles. The monoisotopic (exact) mass is 464 g/mol. The predicted octanol–water partition coefficient (Wildman–Crippen LogP) is 8.29. The number of hydrogen-bond donors (Lipinski definition) is 0. The molecular weight excluding hydrogens is 443 g/mol. The molecule has 0 atom stereocenters. The van der Waals surface area contributed by atoms with Gasteiger partial charge in [-0.2, -0.15) is 0 Å². The maximum absolute atomic E-state index is 6.45. The van der Waals surface area contributed by atoms with Crippen LogP contribution in [-0.2, 0) is 23.1 Å². The summed E-state index contributed by atoms with van der Waals surface area (Å²) in [4.78, 5) is 0. The van der Waals surface area contributed by atoms with Crippen LogP contribution >= 0.6 is 34.8 Å². The predicted molar refractivity (Wildman–Crippen MR) is 133 cm³/mol. The zero-order valence-electron chi connectivity index (χ0n) is 17.1. The van der Waals surface area contributed by atoms with Crippen LogP contribution in [0.5, 0.6) is 0 Å². The molecule has 0 bridgehead atoms. The van der Waals surface area contributed by atoms with Crippen LogP contribution in [0.1, 0.15) is 38.9 Å². The Kier molecular flexibility index (Phi) is 7.02. The highest BCUT2D eigenvalue weighted by molar-refractivity contribution is 6.66. The van der Waals surface area contributed by atoms with E-state index in [-0.39, 0.29) is 0 Å². The van der Waals surface area contributed by atoms with Gasteiger partial charge in [-0.05, 0) is 52.6 Å². The van der Waals surface area contributed by atoms with Gasteiger partial charge < -0.3 is 0 Å². The van der Waals surface area contributed by atoms with Gasteiger partial charge in [-0.1, -0.05) is 138 Å². The van der Waals surface area contributed by atoms with Crippen molar-refractivity contribution in [2.75, 3.05) is 0 Å². The van der Waals surface area contributed by atoms with Crippen LogP contribution in [0.3, 0.4) is 0 Å². The summed E-state index contributed by atoms with van der Waals surface area (Å²) in [5, 5.41) is 0. The molecule has 0 aliphatic heterocycles. The molecule has 4 aromatic carbocycles. The first-order chi connectivity index (χ1) is 15.0. The second-order valence-electron chi connectivity index (χ2n) is 7.71. The molecule has 31 heavy (non-hydrogen) atoms. The van der Waals surface area contributed by atoms with E-state index in [2.05, 4.69) is 78.9 Å². The molecule has 0 aromatic heterocycles. The van der Waals surface area contributed by atoms with Crippen LogP contribution in [0.2, 0.25) is 0 Å². The van der Waals surface area contributed by atoms with E-state index in [9.17, 15) is 0 Å². The lowest BCUT2D eigenvalue weighted by atomic mass is 9.86. The first-order valence-electron chi connectivity index (χ1n) is 10.3. The van der Waals surface area contributed by atoms with Crippen LogP contribution in [0.15, 0.2) is 103 Å². The summed E-state index contributed by atoms with van der Waals surface area (Å²) in [7, 11) is 0. The fourth-order valence-electron chi connectivity index (χ4n) is 4.01. The van der Waals surface area contributed by atoms with E-state index < -0.39 is 3.79 Å². The summed E-state index contributed by atoms with van der Waals surface area (Å²) in [5.74, 6) is 0. The van der Waals surface area contributed by atoms with E-state index in [1.54, 1.807) is 0 Å². The lowest BCUT2D eigenvalue weighted by Gasteiger charge is -2.23. The molecular formula is C28H23Cl3. The van der Waals surface area contributed by atoms with Gasteiger partial charge in [0, 0.05) is 5.56 Å².